The van der Waals surface area contributed by atoms with Gasteiger partial charge in [-0.15, -0.1) is 0 Å². The number of carbonyl (C=O) groups is 1. The van der Waals surface area contributed by atoms with Crippen LogP contribution in [0.15, 0.2) is 30.3 Å². The molecule has 0 spiro atoms. The second-order valence-corrected chi connectivity index (χ2v) is 7.88. The number of benzene rings is 1. The van der Waals surface area contributed by atoms with E-state index in [0.29, 0.717) is 11.5 Å². The SMILES string of the molecule is CC1CCC2CCC(OC(=O)c3ccccc3)C(C)CC2CC1. The summed E-state index contributed by atoms with van der Waals surface area (Å²) in [6.45, 7) is 4.68. The molecule has 5 atom stereocenters. The highest BCUT2D eigenvalue weighted by Crippen LogP contribution is 2.42. The highest BCUT2D eigenvalue weighted by molar-refractivity contribution is 5.89. The van der Waals surface area contributed by atoms with Crippen molar-refractivity contribution in [2.45, 2.75) is 64.9 Å². The van der Waals surface area contributed by atoms with Crippen LogP contribution in [0.4, 0.5) is 0 Å². The fourth-order valence-corrected chi connectivity index (χ4v) is 4.55. The summed E-state index contributed by atoms with van der Waals surface area (Å²) >= 11 is 0. The van der Waals surface area contributed by atoms with Crippen LogP contribution in [0.1, 0.15) is 69.2 Å². The molecule has 2 saturated carbocycles. The molecule has 23 heavy (non-hydrogen) atoms. The van der Waals surface area contributed by atoms with Gasteiger partial charge >= 0.3 is 5.97 Å². The molecule has 126 valence electrons. The van der Waals surface area contributed by atoms with Gasteiger partial charge in [0.25, 0.3) is 0 Å². The lowest BCUT2D eigenvalue weighted by Crippen LogP contribution is -2.25. The van der Waals surface area contributed by atoms with Crippen LogP contribution in [0.25, 0.3) is 0 Å². The number of hydrogen-bond acceptors (Lipinski definition) is 2. The zero-order valence-corrected chi connectivity index (χ0v) is 14.5. The van der Waals surface area contributed by atoms with Gasteiger partial charge in [-0.25, -0.2) is 4.79 Å². The van der Waals surface area contributed by atoms with Gasteiger partial charge in [-0.3, -0.25) is 0 Å². The molecule has 1 aromatic rings. The summed E-state index contributed by atoms with van der Waals surface area (Å²) < 4.78 is 5.89. The summed E-state index contributed by atoms with van der Waals surface area (Å²) in [5.74, 6) is 2.91. The minimum atomic E-state index is -0.154. The van der Waals surface area contributed by atoms with Crippen molar-refractivity contribution in [1.29, 1.82) is 0 Å². The lowest BCUT2D eigenvalue weighted by atomic mass is 9.82. The smallest absolute Gasteiger partial charge is 0.338 e. The van der Waals surface area contributed by atoms with Crippen molar-refractivity contribution in [3.8, 4) is 0 Å². The summed E-state index contributed by atoms with van der Waals surface area (Å²) in [4.78, 5) is 12.4. The van der Waals surface area contributed by atoms with Gasteiger partial charge in [-0.1, -0.05) is 44.9 Å². The van der Waals surface area contributed by atoms with E-state index in [9.17, 15) is 4.79 Å². The Bertz CT molecular complexity index is 510. The number of ether oxygens (including phenoxy) is 1. The van der Waals surface area contributed by atoms with Gasteiger partial charge < -0.3 is 4.74 Å². The molecule has 0 radical (unpaired) electrons. The van der Waals surface area contributed by atoms with E-state index in [4.69, 9.17) is 4.74 Å². The zero-order valence-electron chi connectivity index (χ0n) is 14.5. The molecule has 0 amide bonds. The number of esters is 1. The van der Waals surface area contributed by atoms with Gasteiger partial charge in [0.15, 0.2) is 0 Å². The number of rotatable bonds is 2. The quantitative estimate of drug-likeness (QED) is 0.676. The van der Waals surface area contributed by atoms with Crippen LogP contribution in [0.5, 0.6) is 0 Å². The van der Waals surface area contributed by atoms with E-state index < -0.39 is 0 Å². The summed E-state index contributed by atoms with van der Waals surface area (Å²) in [6, 6.07) is 9.41. The van der Waals surface area contributed by atoms with Gasteiger partial charge in [0, 0.05) is 0 Å². The normalized spacial score (nSPS) is 34.8. The van der Waals surface area contributed by atoms with Crippen molar-refractivity contribution in [2.24, 2.45) is 23.7 Å². The third-order valence-electron chi connectivity index (χ3n) is 6.13. The van der Waals surface area contributed by atoms with Crippen LogP contribution in [-0.2, 0) is 4.74 Å². The van der Waals surface area contributed by atoms with Crippen molar-refractivity contribution >= 4 is 5.97 Å². The number of carbonyl (C=O) groups excluding carboxylic acids is 1. The van der Waals surface area contributed by atoms with Crippen LogP contribution in [0.3, 0.4) is 0 Å². The highest BCUT2D eigenvalue weighted by atomic mass is 16.5. The van der Waals surface area contributed by atoms with Crippen molar-refractivity contribution in [3.63, 3.8) is 0 Å². The van der Waals surface area contributed by atoms with E-state index in [1.807, 2.05) is 30.3 Å². The van der Waals surface area contributed by atoms with Crippen molar-refractivity contribution < 1.29 is 9.53 Å². The predicted octanol–water partition coefficient (Wildman–Crippen LogP) is 5.47. The van der Waals surface area contributed by atoms with Crippen LogP contribution in [-0.4, -0.2) is 12.1 Å². The Balaban J connectivity index is 1.63. The minimum absolute atomic E-state index is 0.0899. The molecular weight excluding hydrogens is 284 g/mol. The minimum Gasteiger partial charge on any atom is -0.459 e. The standard InChI is InChI=1S/C21H30O2/c1-15-8-10-17-12-13-20(16(2)14-19(17)11-9-15)23-21(22)18-6-4-3-5-7-18/h3-7,15-17,19-20H,8-14H2,1-2H3. The zero-order chi connectivity index (χ0) is 16.2. The van der Waals surface area contributed by atoms with Crippen LogP contribution in [0, 0.1) is 23.7 Å². The van der Waals surface area contributed by atoms with E-state index in [1.54, 1.807) is 0 Å². The van der Waals surface area contributed by atoms with E-state index in [2.05, 4.69) is 13.8 Å². The lowest BCUT2D eigenvalue weighted by Gasteiger charge is -2.24. The largest absolute Gasteiger partial charge is 0.459 e. The summed E-state index contributed by atoms with van der Waals surface area (Å²) in [6.07, 6.45) is 9.08. The Labute approximate surface area is 140 Å². The molecule has 0 aliphatic heterocycles. The lowest BCUT2D eigenvalue weighted by molar-refractivity contribution is 0.0132. The molecule has 0 heterocycles. The Morgan fingerprint density at radius 1 is 0.913 bits per heavy atom. The summed E-state index contributed by atoms with van der Waals surface area (Å²) in [5.41, 5.74) is 0.673. The molecule has 2 heteroatoms. The second kappa shape index (κ2) is 7.51. The van der Waals surface area contributed by atoms with Gasteiger partial charge in [0.05, 0.1) is 5.56 Å². The molecule has 2 nitrogen and oxygen atoms in total. The molecule has 2 aliphatic carbocycles. The molecule has 2 aliphatic rings. The first-order chi connectivity index (χ1) is 11.1. The topological polar surface area (TPSA) is 26.3 Å². The highest BCUT2D eigenvalue weighted by Gasteiger charge is 2.34. The van der Waals surface area contributed by atoms with Crippen LogP contribution < -0.4 is 0 Å². The van der Waals surface area contributed by atoms with Crippen LogP contribution >= 0.6 is 0 Å². The predicted molar refractivity (Wildman–Crippen MR) is 93.3 cm³/mol. The molecule has 0 aromatic heterocycles. The van der Waals surface area contributed by atoms with Crippen molar-refractivity contribution in [3.05, 3.63) is 35.9 Å². The average Bonchev–Trinajstić information content (AvgIpc) is 2.82. The second-order valence-electron chi connectivity index (χ2n) is 7.88. The molecule has 2 fully saturated rings. The Hall–Kier alpha value is -1.31. The number of hydrogen-bond donors (Lipinski definition) is 0. The monoisotopic (exact) mass is 314 g/mol. The van der Waals surface area contributed by atoms with E-state index in [1.165, 1.54) is 38.5 Å². The first kappa shape index (κ1) is 16.5. The Morgan fingerprint density at radius 2 is 1.57 bits per heavy atom. The van der Waals surface area contributed by atoms with E-state index >= 15 is 0 Å². The van der Waals surface area contributed by atoms with Crippen LogP contribution in [0.2, 0.25) is 0 Å². The number of fused-ring (bicyclic) bond motifs is 1. The average molecular weight is 314 g/mol. The first-order valence-corrected chi connectivity index (χ1v) is 9.39. The molecule has 5 unspecified atom stereocenters. The maximum Gasteiger partial charge on any atom is 0.338 e. The van der Waals surface area contributed by atoms with E-state index in [-0.39, 0.29) is 12.1 Å². The Kier molecular flexibility index (Phi) is 5.40. The van der Waals surface area contributed by atoms with Gasteiger partial charge in [0.1, 0.15) is 6.10 Å². The van der Waals surface area contributed by atoms with Gasteiger partial charge in [-0.2, -0.15) is 0 Å². The maximum atomic E-state index is 12.4. The molecule has 0 saturated heterocycles. The molecule has 1 aromatic carbocycles. The van der Waals surface area contributed by atoms with E-state index in [0.717, 1.165) is 24.2 Å². The molecular formula is C21H30O2. The summed E-state index contributed by atoms with van der Waals surface area (Å²) in [7, 11) is 0. The first-order valence-electron chi connectivity index (χ1n) is 9.39. The fourth-order valence-electron chi connectivity index (χ4n) is 4.55. The summed E-state index contributed by atoms with van der Waals surface area (Å²) in [5, 5.41) is 0. The molecule has 0 bridgehead atoms. The Morgan fingerprint density at radius 3 is 2.30 bits per heavy atom. The van der Waals surface area contributed by atoms with Gasteiger partial charge in [0.2, 0.25) is 0 Å². The third-order valence-corrected chi connectivity index (χ3v) is 6.13. The molecule has 0 N–H and O–H groups in total. The van der Waals surface area contributed by atoms with Gasteiger partial charge in [-0.05, 0) is 67.9 Å². The van der Waals surface area contributed by atoms with Crippen molar-refractivity contribution in [1.82, 2.24) is 0 Å². The maximum absolute atomic E-state index is 12.4. The van der Waals surface area contributed by atoms with Crippen molar-refractivity contribution in [2.75, 3.05) is 0 Å². The third kappa shape index (κ3) is 4.16. The molecule has 3 rings (SSSR count). The fraction of sp³-hybridized carbons (Fsp3) is 0.667.